The van der Waals surface area contributed by atoms with Gasteiger partial charge in [-0.2, -0.15) is 0 Å². The molecule has 3 amide bonds. The summed E-state index contributed by atoms with van der Waals surface area (Å²) in [5, 5.41) is 48.9. The lowest BCUT2D eigenvalue weighted by Gasteiger charge is -2.41. The zero-order chi connectivity index (χ0) is 38.7. The average Bonchev–Trinajstić information content (AvgIpc) is 3.84. The Balaban J connectivity index is 1.16. The Labute approximate surface area is 321 Å². The largest absolute Gasteiger partial charge is 0.504 e. The van der Waals surface area contributed by atoms with Gasteiger partial charge in [-0.1, -0.05) is 22.8 Å². The van der Waals surface area contributed by atoms with Gasteiger partial charge in [-0.25, -0.2) is 14.6 Å². The summed E-state index contributed by atoms with van der Waals surface area (Å²) in [6, 6.07) is 1.46. The van der Waals surface area contributed by atoms with Crippen molar-refractivity contribution in [3.8, 4) is 11.5 Å². The van der Waals surface area contributed by atoms with E-state index in [9.17, 15) is 44.4 Å². The minimum atomic E-state index is -1.78. The number of oxime groups is 1. The number of carboxylic acids is 2. The van der Waals surface area contributed by atoms with Crippen LogP contribution in [0.2, 0.25) is 5.02 Å². The highest BCUT2D eigenvalue weighted by molar-refractivity contribution is 8.20. The normalized spacial score (nSPS) is 22.4. The Hall–Kier alpha value is -4.24. The van der Waals surface area contributed by atoms with Crippen LogP contribution in [0.15, 0.2) is 34.8 Å². The molecule has 8 N–H and O–H groups in total. The van der Waals surface area contributed by atoms with Gasteiger partial charge in [0.1, 0.15) is 17.1 Å². The molecule has 3 aliphatic rings. The van der Waals surface area contributed by atoms with Gasteiger partial charge in [0.05, 0.1) is 49.9 Å². The summed E-state index contributed by atoms with van der Waals surface area (Å²) in [6.45, 7) is 5.85. The second kappa shape index (κ2) is 16.0. The zero-order valence-corrected chi connectivity index (χ0v) is 31.8. The second-order valence-electron chi connectivity index (χ2n) is 13.1. The minimum Gasteiger partial charge on any atom is -0.504 e. The lowest BCUT2D eigenvalue weighted by molar-refractivity contribution is -0.910. The fourth-order valence-electron chi connectivity index (χ4n) is 5.97. The van der Waals surface area contributed by atoms with Crippen LogP contribution in [0.3, 0.4) is 0 Å². The van der Waals surface area contributed by atoms with Crippen molar-refractivity contribution >= 4 is 87.0 Å². The van der Waals surface area contributed by atoms with Crippen LogP contribution in [0.25, 0.3) is 0 Å². The Kier molecular flexibility index (Phi) is 12.1. The van der Waals surface area contributed by atoms with E-state index in [-0.39, 0.29) is 28.0 Å². The first-order chi connectivity index (χ1) is 25.0. The quantitative estimate of drug-likeness (QED) is 0.0319. The molecule has 0 saturated carbocycles. The number of nitrogens with two attached hydrogens (primary N) is 1. The second-order valence-corrected chi connectivity index (χ2v) is 17.4. The average molecular weight is 813 g/mol. The number of anilines is 1. The molecule has 0 unspecified atom stereocenters. The van der Waals surface area contributed by atoms with Gasteiger partial charge in [-0.3, -0.25) is 14.4 Å². The number of hydrogen-bond donors (Lipinski definition) is 7. The summed E-state index contributed by atoms with van der Waals surface area (Å²) >= 11 is 9.27. The number of amides is 3. The molecule has 3 saturated heterocycles. The number of aromatic nitrogens is 1. The molecule has 2 aromatic rings. The van der Waals surface area contributed by atoms with Crippen molar-refractivity contribution in [1.82, 2.24) is 20.5 Å². The fraction of sp³-hybridized carbons (Fsp3) is 0.469. The van der Waals surface area contributed by atoms with Gasteiger partial charge >= 0.3 is 11.9 Å². The van der Waals surface area contributed by atoms with Gasteiger partial charge in [0, 0.05) is 24.0 Å². The summed E-state index contributed by atoms with van der Waals surface area (Å²) in [5.41, 5.74) is 3.61. The smallest absolute Gasteiger partial charge is 0.350 e. The van der Waals surface area contributed by atoms with Gasteiger partial charge in [0.15, 0.2) is 26.4 Å². The first-order valence-corrected chi connectivity index (χ1v) is 19.5. The molecule has 5 rings (SSSR count). The van der Waals surface area contributed by atoms with Gasteiger partial charge in [-0.05, 0) is 32.1 Å². The summed E-state index contributed by atoms with van der Waals surface area (Å²) in [6.07, 6.45) is 5.93. The molecule has 0 aliphatic carbocycles. The Morgan fingerprint density at radius 1 is 1.23 bits per heavy atom. The molecule has 0 radical (unpaired) electrons. The molecule has 1 aromatic heterocycles. The Morgan fingerprint density at radius 2 is 1.94 bits per heavy atom. The minimum absolute atomic E-state index is 0.0130. The topological polar surface area (TPSA) is 254 Å². The van der Waals surface area contributed by atoms with Crippen LogP contribution in [0.5, 0.6) is 11.5 Å². The van der Waals surface area contributed by atoms with Gasteiger partial charge in [-0.15, -0.1) is 34.9 Å². The van der Waals surface area contributed by atoms with Crippen molar-refractivity contribution in [2.75, 3.05) is 50.8 Å². The maximum Gasteiger partial charge on any atom is 0.350 e. The van der Waals surface area contributed by atoms with Gasteiger partial charge in [0.25, 0.3) is 11.8 Å². The molecule has 17 nitrogen and oxygen atoms in total. The first-order valence-electron chi connectivity index (χ1n) is 16.4. The van der Waals surface area contributed by atoms with Crippen molar-refractivity contribution in [3.05, 3.63) is 45.9 Å². The van der Waals surface area contributed by atoms with Crippen LogP contribution in [-0.4, -0.2) is 136 Å². The molecule has 21 heteroatoms. The fourth-order valence-corrected chi connectivity index (χ4v) is 9.72. The van der Waals surface area contributed by atoms with E-state index < -0.39 is 68.0 Å². The van der Waals surface area contributed by atoms with E-state index in [1.807, 2.05) is 12.2 Å². The molecule has 0 spiro atoms. The van der Waals surface area contributed by atoms with Crippen LogP contribution in [0, 0.1) is 0 Å². The number of thiazole rings is 1. The number of carbonyl (C=O) groups excluding carboxylic acids is 3. The molecule has 3 aliphatic heterocycles. The Bertz CT molecular complexity index is 1850. The molecular weight excluding hydrogens is 774 g/mol. The number of aliphatic carboxylic acids is 2. The summed E-state index contributed by atoms with van der Waals surface area (Å²) < 4.78 is -0.675. The van der Waals surface area contributed by atoms with Crippen LogP contribution in [0.1, 0.15) is 42.7 Å². The molecule has 1 aromatic carbocycles. The van der Waals surface area contributed by atoms with E-state index in [1.165, 1.54) is 48.0 Å². The monoisotopic (exact) mass is 812 g/mol. The van der Waals surface area contributed by atoms with E-state index in [0.29, 0.717) is 25.4 Å². The molecule has 3 atom stereocenters. The van der Waals surface area contributed by atoms with Crippen LogP contribution in [-0.2, 0) is 24.0 Å². The van der Waals surface area contributed by atoms with Crippen molar-refractivity contribution in [2.45, 2.75) is 47.8 Å². The first kappa shape index (κ1) is 40.0. The molecule has 4 heterocycles. The van der Waals surface area contributed by atoms with E-state index >= 15 is 0 Å². The molecule has 3 fully saturated rings. The number of phenols is 2. The lowest BCUT2D eigenvalue weighted by atomic mass is 10.1. The highest BCUT2D eigenvalue weighted by atomic mass is 35.5. The number of fused-ring (bicyclic) bond motifs is 1. The number of halogens is 1. The number of nitrogen functional groups attached to an aromatic ring is 1. The predicted octanol–water partition coefficient (Wildman–Crippen LogP) is 1.88. The van der Waals surface area contributed by atoms with Gasteiger partial charge < -0.3 is 51.0 Å². The number of nitrogens with zero attached hydrogens (tertiary/aromatic N) is 4. The van der Waals surface area contributed by atoms with Crippen molar-refractivity contribution in [3.63, 3.8) is 0 Å². The molecule has 0 bridgehead atoms. The highest BCUT2D eigenvalue weighted by Gasteiger charge is 2.62. The highest BCUT2D eigenvalue weighted by Crippen LogP contribution is 2.52. The van der Waals surface area contributed by atoms with Crippen molar-refractivity contribution in [2.24, 2.45) is 5.16 Å². The van der Waals surface area contributed by atoms with E-state index in [2.05, 4.69) is 20.8 Å². The van der Waals surface area contributed by atoms with E-state index in [1.54, 1.807) is 0 Å². The molecular formula is C32H39ClN7O10S3+. The zero-order valence-electron chi connectivity index (χ0n) is 28.6. The number of hydrogen-bond acceptors (Lipinski definition) is 14. The third-order valence-electron chi connectivity index (χ3n) is 9.10. The maximum absolute atomic E-state index is 13.4. The van der Waals surface area contributed by atoms with Crippen LogP contribution >= 0.6 is 46.5 Å². The predicted molar refractivity (Wildman–Crippen MR) is 199 cm³/mol. The van der Waals surface area contributed by atoms with Gasteiger partial charge in [0.2, 0.25) is 11.5 Å². The number of likely N-dealkylation sites (tertiary alicyclic amines) is 1. The number of phenolic OH excluding ortho intramolecular Hbond substituents is 2. The standard InChI is InChI=1S/C32H38ClN7O10S3/c1-31(2,28(46)47)50-38-21(18-15-51-30(34)36-18)25(44)37-22-26(45)39-16-32(29(48)49,53-27(22)39)52-14-6-5-12-40(10-3-4-11-40)13-9-35-24(43)17-7-8-19(41)23(42)20(17)33/h5-8,15,22,27H,3-4,9-14,16H2,1-2H3,(H7-,34,35,36,37,38,41,42,43,44,46,47,48,49)/p+1/b6-5+/t22-,27-,32-/m1/s1. The van der Waals surface area contributed by atoms with Crippen molar-refractivity contribution < 1.29 is 53.7 Å². The maximum atomic E-state index is 13.4. The van der Waals surface area contributed by atoms with Crippen LogP contribution in [0.4, 0.5) is 5.13 Å². The number of nitrogens with one attached hydrogen (secondary N) is 2. The summed E-state index contributed by atoms with van der Waals surface area (Å²) in [5.74, 6) is -4.91. The molecule has 53 heavy (non-hydrogen) atoms. The van der Waals surface area contributed by atoms with Crippen molar-refractivity contribution in [1.29, 1.82) is 0 Å². The van der Waals surface area contributed by atoms with E-state index in [4.69, 9.17) is 22.2 Å². The third kappa shape index (κ3) is 8.61. The summed E-state index contributed by atoms with van der Waals surface area (Å²) in [4.78, 5) is 73.8. The third-order valence-corrected chi connectivity index (χ3v) is 13.4. The number of thioether (sulfide) groups is 2. The van der Waals surface area contributed by atoms with Crippen LogP contribution < -0.4 is 16.4 Å². The number of carboxylic acid groups (broad SMARTS) is 2. The number of benzene rings is 1. The van der Waals surface area contributed by atoms with E-state index in [0.717, 1.165) is 53.5 Å². The number of quaternary nitrogens is 1. The lowest BCUT2D eigenvalue weighted by Crippen LogP contribution is -2.68. The number of rotatable bonds is 16. The Morgan fingerprint density at radius 3 is 2.58 bits per heavy atom. The summed E-state index contributed by atoms with van der Waals surface area (Å²) in [7, 11) is 0. The number of carbonyl (C=O) groups is 5. The molecule has 286 valence electrons. The number of aromatic hydroxyl groups is 2. The SMILES string of the molecule is CC(C)(O/N=C(\C(=O)N[C@@H]1C(=O)N2C[C@](SC/C=C/C[N+]3(CCNC(=O)c4ccc(O)c(O)c4Cl)CCCC3)(C(=O)O)S[C@H]12)c1csc(N)n1)C(=O)O. The number of β-lactam (4-membered cyclic amide) rings is 1.